The molecular formula is C11H8F5NO3. The molecule has 0 unspecified atom stereocenters. The van der Waals surface area contributed by atoms with Gasteiger partial charge >= 0.3 is 5.97 Å². The van der Waals surface area contributed by atoms with Crippen LogP contribution in [0.4, 0.5) is 22.0 Å². The van der Waals surface area contributed by atoms with Crippen molar-refractivity contribution in [1.29, 1.82) is 0 Å². The van der Waals surface area contributed by atoms with Crippen molar-refractivity contribution in [1.82, 2.24) is 5.32 Å². The summed E-state index contributed by atoms with van der Waals surface area (Å²) < 4.78 is 68.7. The number of hydrogen-bond donors (Lipinski definition) is 1. The Morgan fingerprint density at radius 2 is 1.40 bits per heavy atom. The van der Waals surface area contributed by atoms with E-state index in [0.29, 0.717) is 0 Å². The molecule has 0 saturated carbocycles. The third kappa shape index (κ3) is 3.43. The Morgan fingerprint density at radius 3 is 1.85 bits per heavy atom. The van der Waals surface area contributed by atoms with Crippen LogP contribution in [0.15, 0.2) is 0 Å². The van der Waals surface area contributed by atoms with E-state index in [1.165, 1.54) is 0 Å². The largest absolute Gasteiger partial charge is 0.420 e. The molecule has 1 aromatic carbocycles. The predicted octanol–water partition coefficient (Wildman–Crippen LogP) is 1.81. The monoisotopic (exact) mass is 297 g/mol. The van der Waals surface area contributed by atoms with E-state index in [-0.39, 0.29) is 6.54 Å². The number of ether oxygens (including phenoxy) is 1. The molecule has 1 N–H and O–H groups in total. The summed E-state index contributed by atoms with van der Waals surface area (Å²) in [5.41, 5.74) is 0. The molecule has 0 heterocycles. The quantitative estimate of drug-likeness (QED) is 0.303. The fourth-order valence-corrected chi connectivity index (χ4v) is 1.18. The Balaban J connectivity index is 2.88. The summed E-state index contributed by atoms with van der Waals surface area (Å²) in [7, 11) is 0. The average Bonchev–Trinajstić information content (AvgIpc) is 2.39. The normalized spacial score (nSPS) is 10.3. The summed E-state index contributed by atoms with van der Waals surface area (Å²) in [4.78, 5) is 21.7. The van der Waals surface area contributed by atoms with Crippen LogP contribution < -0.4 is 10.1 Å². The molecule has 1 amide bonds. The van der Waals surface area contributed by atoms with Crippen molar-refractivity contribution in [2.24, 2.45) is 0 Å². The number of benzene rings is 1. The fraction of sp³-hybridized carbons (Fsp3) is 0.273. The molecule has 0 aliphatic rings. The highest BCUT2D eigenvalue weighted by Crippen LogP contribution is 2.29. The van der Waals surface area contributed by atoms with Crippen LogP contribution in [0.5, 0.6) is 5.75 Å². The lowest BCUT2D eigenvalue weighted by Gasteiger charge is -2.08. The van der Waals surface area contributed by atoms with Crippen molar-refractivity contribution >= 4 is 11.9 Å². The summed E-state index contributed by atoms with van der Waals surface area (Å²) >= 11 is 0. The van der Waals surface area contributed by atoms with E-state index in [9.17, 15) is 31.5 Å². The van der Waals surface area contributed by atoms with Crippen LogP contribution in [0.2, 0.25) is 0 Å². The Hall–Kier alpha value is -2.19. The van der Waals surface area contributed by atoms with Gasteiger partial charge in [0, 0.05) is 13.5 Å². The standard InChI is InChI=1S/C11H8F5NO3/c1-4(18)17-3-2-5(19)20-11-9(15)7(13)6(12)8(14)10(11)16/h2-3H2,1H3,(H,17,18). The van der Waals surface area contributed by atoms with Crippen LogP contribution in [0.3, 0.4) is 0 Å². The van der Waals surface area contributed by atoms with Gasteiger partial charge < -0.3 is 10.1 Å². The molecule has 0 aliphatic carbocycles. The van der Waals surface area contributed by atoms with Crippen LogP contribution in [0.1, 0.15) is 13.3 Å². The molecule has 1 aromatic rings. The number of nitrogens with one attached hydrogen (secondary N) is 1. The number of carbonyl (C=O) groups is 2. The maximum Gasteiger partial charge on any atom is 0.313 e. The molecular weight excluding hydrogens is 289 g/mol. The van der Waals surface area contributed by atoms with Gasteiger partial charge in [-0.15, -0.1) is 0 Å². The first-order valence-corrected chi connectivity index (χ1v) is 5.22. The molecule has 0 atom stereocenters. The second-order valence-corrected chi connectivity index (χ2v) is 3.61. The van der Waals surface area contributed by atoms with Gasteiger partial charge in [-0.3, -0.25) is 9.59 Å². The zero-order chi connectivity index (χ0) is 15.4. The van der Waals surface area contributed by atoms with E-state index >= 15 is 0 Å². The molecule has 0 aliphatic heterocycles. The van der Waals surface area contributed by atoms with Crippen LogP contribution in [0.25, 0.3) is 0 Å². The Labute approximate surface area is 109 Å². The first-order valence-electron chi connectivity index (χ1n) is 5.22. The summed E-state index contributed by atoms with van der Waals surface area (Å²) in [6.45, 7) is 0.957. The lowest BCUT2D eigenvalue weighted by atomic mass is 10.2. The van der Waals surface area contributed by atoms with E-state index in [4.69, 9.17) is 0 Å². The topological polar surface area (TPSA) is 55.4 Å². The Bertz CT molecular complexity index is 532. The van der Waals surface area contributed by atoms with Crippen LogP contribution in [0, 0.1) is 29.1 Å². The first kappa shape index (κ1) is 15.9. The second-order valence-electron chi connectivity index (χ2n) is 3.61. The molecule has 0 radical (unpaired) electrons. The summed E-state index contributed by atoms with van der Waals surface area (Å²) in [5, 5.41) is 2.19. The van der Waals surface area contributed by atoms with Gasteiger partial charge in [0.2, 0.25) is 40.7 Å². The van der Waals surface area contributed by atoms with Gasteiger partial charge in [-0.05, 0) is 0 Å². The second kappa shape index (κ2) is 6.31. The van der Waals surface area contributed by atoms with Gasteiger partial charge in [-0.25, -0.2) is 13.2 Å². The highest BCUT2D eigenvalue weighted by atomic mass is 19.2. The maximum atomic E-state index is 13.1. The van der Waals surface area contributed by atoms with E-state index < -0.39 is 53.1 Å². The zero-order valence-corrected chi connectivity index (χ0v) is 10.0. The fourth-order valence-electron chi connectivity index (χ4n) is 1.18. The van der Waals surface area contributed by atoms with Gasteiger partial charge in [-0.1, -0.05) is 0 Å². The SMILES string of the molecule is CC(=O)NCCC(=O)Oc1c(F)c(F)c(F)c(F)c1F. The lowest BCUT2D eigenvalue weighted by Crippen LogP contribution is -2.25. The van der Waals surface area contributed by atoms with Crippen molar-refractivity contribution in [3.63, 3.8) is 0 Å². The molecule has 0 aromatic heterocycles. The van der Waals surface area contributed by atoms with E-state index in [2.05, 4.69) is 10.1 Å². The highest BCUT2D eigenvalue weighted by Gasteiger charge is 2.28. The van der Waals surface area contributed by atoms with Gasteiger partial charge in [0.1, 0.15) is 0 Å². The third-order valence-electron chi connectivity index (χ3n) is 2.09. The van der Waals surface area contributed by atoms with Crippen LogP contribution >= 0.6 is 0 Å². The molecule has 4 nitrogen and oxygen atoms in total. The highest BCUT2D eigenvalue weighted by molar-refractivity contribution is 5.75. The molecule has 20 heavy (non-hydrogen) atoms. The summed E-state index contributed by atoms with van der Waals surface area (Å²) in [6.07, 6.45) is -0.501. The van der Waals surface area contributed by atoms with Crippen LogP contribution in [-0.2, 0) is 9.59 Å². The predicted molar refractivity (Wildman–Crippen MR) is 55.2 cm³/mol. The zero-order valence-electron chi connectivity index (χ0n) is 10.0. The summed E-state index contributed by atoms with van der Waals surface area (Å²) in [5.74, 6) is -14.7. The molecule has 0 saturated heterocycles. The van der Waals surface area contributed by atoms with E-state index in [0.717, 1.165) is 6.92 Å². The smallest absolute Gasteiger partial charge is 0.313 e. The number of hydrogen-bond acceptors (Lipinski definition) is 3. The van der Waals surface area contributed by atoms with Crippen molar-refractivity contribution in [3.05, 3.63) is 29.1 Å². The first-order chi connectivity index (χ1) is 9.25. The Morgan fingerprint density at radius 1 is 0.950 bits per heavy atom. The van der Waals surface area contributed by atoms with Crippen LogP contribution in [-0.4, -0.2) is 18.4 Å². The number of halogens is 5. The van der Waals surface area contributed by atoms with Gasteiger partial charge in [0.25, 0.3) is 0 Å². The minimum atomic E-state index is -2.35. The van der Waals surface area contributed by atoms with Crippen molar-refractivity contribution in [3.8, 4) is 5.75 Å². The molecule has 0 spiro atoms. The third-order valence-corrected chi connectivity index (χ3v) is 2.09. The molecule has 9 heteroatoms. The van der Waals surface area contributed by atoms with E-state index in [1.807, 2.05) is 0 Å². The number of esters is 1. The number of amides is 1. The van der Waals surface area contributed by atoms with Gasteiger partial charge in [-0.2, -0.15) is 8.78 Å². The van der Waals surface area contributed by atoms with Gasteiger partial charge in [0.15, 0.2) is 0 Å². The number of rotatable bonds is 4. The van der Waals surface area contributed by atoms with Crippen molar-refractivity contribution in [2.45, 2.75) is 13.3 Å². The summed E-state index contributed by atoms with van der Waals surface area (Å²) in [6, 6.07) is 0. The maximum absolute atomic E-state index is 13.1. The molecule has 110 valence electrons. The van der Waals surface area contributed by atoms with Crippen molar-refractivity contribution in [2.75, 3.05) is 6.54 Å². The average molecular weight is 297 g/mol. The minimum Gasteiger partial charge on any atom is -0.420 e. The number of carbonyl (C=O) groups excluding carboxylic acids is 2. The molecule has 0 fully saturated rings. The minimum absolute atomic E-state index is 0.205. The van der Waals surface area contributed by atoms with Crippen molar-refractivity contribution < 1.29 is 36.3 Å². The lowest BCUT2D eigenvalue weighted by molar-refractivity contribution is -0.134. The van der Waals surface area contributed by atoms with Gasteiger partial charge in [0.05, 0.1) is 6.42 Å². The van der Waals surface area contributed by atoms with E-state index in [1.54, 1.807) is 0 Å². The molecule has 0 bridgehead atoms. The Kier molecular flexibility index (Phi) is 5.00. The molecule has 1 rings (SSSR count).